The summed E-state index contributed by atoms with van der Waals surface area (Å²) in [7, 11) is -4.67. The van der Waals surface area contributed by atoms with Crippen LogP contribution >= 0.6 is 23.2 Å². The van der Waals surface area contributed by atoms with Gasteiger partial charge in [-0.2, -0.15) is 13.5 Å². The minimum absolute atomic E-state index is 0. The van der Waals surface area contributed by atoms with Crippen LogP contribution in [0, 0.1) is 6.92 Å². The molecule has 0 saturated carbocycles. The van der Waals surface area contributed by atoms with Crippen LogP contribution < -0.4 is 44.7 Å². The van der Waals surface area contributed by atoms with Crippen molar-refractivity contribution in [1.29, 1.82) is 0 Å². The van der Waals surface area contributed by atoms with Gasteiger partial charge in [0.1, 0.15) is 16.3 Å². The number of hydrogen-bond donors (Lipinski definition) is 2. The van der Waals surface area contributed by atoms with Gasteiger partial charge in [0.05, 0.1) is 18.0 Å². The van der Waals surface area contributed by atoms with Gasteiger partial charge in [0, 0.05) is 27.1 Å². The summed E-state index contributed by atoms with van der Waals surface area (Å²) in [5.74, 6) is -1.14. The maximum Gasteiger partial charge on any atom is 1.00 e. The summed E-state index contributed by atoms with van der Waals surface area (Å²) in [5, 5.41) is 25.7. The zero-order chi connectivity index (χ0) is 27.6. The number of anilines is 1. The van der Waals surface area contributed by atoms with Crippen molar-refractivity contribution in [2.45, 2.75) is 18.7 Å². The number of carbonyl (C=O) groups is 1. The van der Waals surface area contributed by atoms with E-state index in [1.54, 1.807) is 49.4 Å². The minimum atomic E-state index is -4.67. The van der Waals surface area contributed by atoms with Crippen molar-refractivity contribution in [3.63, 3.8) is 0 Å². The summed E-state index contributed by atoms with van der Waals surface area (Å²) in [5.41, 5.74) is -0.129. The van der Waals surface area contributed by atoms with Gasteiger partial charge in [0.15, 0.2) is 0 Å². The number of nitrogens with one attached hydrogen (secondary N) is 1. The van der Waals surface area contributed by atoms with Gasteiger partial charge in [-0.25, -0.2) is 0 Å². The van der Waals surface area contributed by atoms with Gasteiger partial charge >= 0.3 is 29.6 Å². The van der Waals surface area contributed by atoms with E-state index >= 15 is 0 Å². The van der Waals surface area contributed by atoms with Gasteiger partial charge in [-0.15, -0.1) is 5.11 Å². The Hall–Kier alpha value is -2.70. The quantitative estimate of drug-likeness (QED) is 0.189. The molecule has 4 aromatic carbocycles. The predicted octanol–water partition coefficient (Wildman–Crippen LogP) is 3.85. The number of azo groups is 1. The summed E-state index contributed by atoms with van der Waals surface area (Å²) in [6, 6.07) is 15.2. The van der Waals surface area contributed by atoms with Crippen LogP contribution in [0.3, 0.4) is 0 Å². The van der Waals surface area contributed by atoms with E-state index in [2.05, 4.69) is 15.5 Å². The largest absolute Gasteiger partial charge is 1.00 e. The number of ether oxygens (including phenoxy) is 1. The topological polar surface area (TPSA) is 140 Å². The molecule has 1 amide bonds. The Balaban J connectivity index is 0.00000420. The third kappa shape index (κ3) is 6.72. The number of halogens is 2. The molecule has 39 heavy (non-hydrogen) atoms. The monoisotopic (exact) mass is 595 g/mol. The number of hydrogen-bond acceptors (Lipinski definition) is 7. The molecule has 196 valence electrons. The van der Waals surface area contributed by atoms with E-state index in [4.69, 9.17) is 27.9 Å². The molecule has 0 aliphatic heterocycles. The summed E-state index contributed by atoms with van der Waals surface area (Å²) < 4.78 is 39.0. The van der Waals surface area contributed by atoms with E-state index in [9.17, 15) is 22.9 Å². The smallest absolute Gasteiger partial charge is 0.870 e. The van der Waals surface area contributed by atoms with Gasteiger partial charge in [0.25, 0.3) is 16.0 Å². The average molecular weight is 596 g/mol. The maximum atomic E-state index is 13.5. The Morgan fingerprint density at radius 1 is 1.05 bits per heavy atom. The van der Waals surface area contributed by atoms with Crippen LogP contribution in [0.1, 0.15) is 22.8 Å². The summed E-state index contributed by atoms with van der Waals surface area (Å²) in [6.45, 7) is 3.59. The standard InChI is InChI=1S/C26H21Cl2N3O6S.Na/c1-3-37-21-13-16(27)8-10-20(21)29-26(33)18-12-15-6-4-5-7-17(15)24(25(18)32)31-30-23-14(2)19(28)9-11-22(23)38(34,35)36;/h4-13,32H,3H2,1-2H3,(H,29,33)(H,34,35,36);/q;+1/p-1. The van der Waals surface area contributed by atoms with Crippen molar-refractivity contribution >= 4 is 67.1 Å². The Morgan fingerprint density at radius 2 is 1.74 bits per heavy atom. The van der Waals surface area contributed by atoms with Crippen LogP contribution in [0.25, 0.3) is 10.8 Å². The first-order chi connectivity index (χ1) is 18.0. The van der Waals surface area contributed by atoms with Gasteiger partial charge < -0.3 is 15.2 Å². The van der Waals surface area contributed by atoms with Crippen LogP contribution in [0.4, 0.5) is 17.1 Å². The van der Waals surface area contributed by atoms with Crippen molar-refractivity contribution in [3.8, 4) is 11.5 Å². The summed E-state index contributed by atoms with van der Waals surface area (Å²) in [4.78, 5) is 12.7. The zero-order valence-electron chi connectivity index (χ0n) is 21.0. The van der Waals surface area contributed by atoms with Crippen LogP contribution in [-0.2, 0) is 10.1 Å². The zero-order valence-corrected chi connectivity index (χ0v) is 25.4. The fourth-order valence-corrected chi connectivity index (χ4v) is 4.72. The number of benzene rings is 4. The van der Waals surface area contributed by atoms with E-state index < -0.39 is 26.7 Å². The Kier molecular flexibility index (Phi) is 10.0. The number of fused-ring (bicyclic) bond motifs is 1. The summed E-state index contributed by atoms with van der Waals surface area (Å²) >= 11 is 12.2. The van der Waals surface area contributed by atoms with E-state index in [0.717, 1.165) is 6.07 Å². The van der Waals surface area contributed by atoms with Crippen LogP contribution in [0.2, 0.25) is 10.0 Å². The second-order valence-electron chi connectivity index (χ2n) is 8.04. The molecule has 4 aromatic rings. The number of nitrogens with zero attached hydrogens (tertiary/aromatic N) is 2. The van der Waals surface area contributed by atoms with Crippen molar-refractivity contribution in [2.75, 3.05) is 11.9 Å². The molecule has 2 N–H and O–H groups in total. The molecule has 0 saturated heterocycles. The molecule has 0 aromatic heterocycles. The fourth-order valence-electron chi connectivity index (χ4n) is 3.72. The molecule has 0 spiro atoms. The molecule has 13 heteroatoms. The Bertz CT molecular complexity index is 1710. The first-order valence-corrected chi connectivity index (χ1v) is 13.4. The van der Waals surface area contributed by atoms with Crippen LogP contribution in [0.5, 0.6) is 11.5 Å². The molecule has 9 nitrogen and oxygen atoms in total. The molecule has 0 bridgehead atoms. The van der Waals surface area contributed by atoms with Crippen molar-refractivity contribution in [2.24, 2.45) is 10.2 Å². The maximum absolute atomic E-state index is 13.5. The van der Waals surface area contributed by atoms with E-state index in [1.165, 1.54) is 19.1 Å². The van der Waals surface area contributed by atoms with Crippen molar-refractivity contribution in [3.05, 3.63) is 81.8 Å². The fraction of sp³-hybridized carbons (Fsp3) is 0.115. The number of amides is 1. The molecule has 0 fully saturated rings. The minimum Gasteiger partial charge on any atom is -0.870 e. The molecule has 0 atom stereocenters. The third-order valence-corrected chi connectivity index (χ3v) is 7.10. The van der Waals surface area contributed by atoms with Gasteiger partial charge in [-0.1, -0.05) is 53.2 Å². The second-order valence-corrected chi connectivity index (χ2v) is 10.3. The van der Waals surface area contributed by atoms with E-state index in [0.29, 0.717) is 33.8 Å². The average Bonchev–Trinajstić information content (AvgIpc) is 2.86. The summed E-state index contributed by atoms with van der Waals surface area (Å²) in [6.07, 6.45) is 0. The van der Waals surface area contributed by atoms with Crippen molar-refractivity contribution < 1.29 is 57.2 Å². The molecule has 4 rings (SSSR count). The van der Waals surface area contributed by atoms with Gasteiger partial charge in [0.2, 0.25) is 0 Å². The van der Waals surface area contributed by atoms with Crippen molar-refractivity contribution in [1.82, 2.24) is 0 Å². The first kappa shape index (κ1) is 30.8. The molecule has 0 aliphatic rings. The Labute approximate surface area is 256 Å². The van der Waals surface area contributed by atoms with Gasteiger partial charge in [-0.3, -0.25) is 9.35 Å². The van der Waals surface area contributed by atoms with E-state index in [1.807, 2.05) is 0 Å². The second kappa shape index (κ2) is 12.6. The normalized spacial score (nSPS) is 11.4. The molecule has 0 radical (unpaired) electrons. The predicted molar refractivity (Wildman–Crippen MR) is 144 cm³/mol. The third-order valence-electron chi connectivity index (χ3n) is 5.57. The molecule has 0 heterocycles. The molecular formula is C26H20Cl2N3NaO6S. The molecular weight excluding hydrogens is 576 g/mol. The number of carbonyl (C=O) groups excluding carboxylic acids is 1. The number of rotatable bonds is 7. The Morgan fingerprint density at radius 3 is 2.44 bits per heavy atom. The molecule has 0 aliphatic carbocycles. The molecule has 0 unspecified atom stereocenters. The SMILES string of the molecule is CCOc1cc(Cl)ccc1NC(=O)c1cc2ccccc2c(N=Nc2c(S(=O)(=O)O)ccc(Cl)c2C)c1[O-].[Na+]. The van der Waals surface area contributed by atoms with Crippen LogP contribution in [-0.4, -0.2) is 25.5 Å². The van der Waals surface area contributed by atoms with Crippen LogP contribution in [0.15, 0.2) is 75.8 Å². The van der Waals surface area contributed by atoms with Gasteiger partial charge in [-0.05, 0) is 55.1 Å². The van der Waals surface area contributed by atoms with E-state index in [-0.39, 0.29) is 57.1 Å². The first-order valence-electron chi connectivity index (χ1n) is 11.2.